The number of hydrogen-bond acceptors (Lipinski definition) is 7. The van der Waals surface area contributed by atoms with Gasteiger partial charge >= 0.3 is 6.01 Å². The molecule has 2 heterocycles. The molecular weight excluding hydrogens is 535 g/mol. The third-order valence-electron chi connectivity index (χ3n) is 5.99. The molecular formula is C24H35IN4O4. The molecule has 1 aromatic heterocycles. The molecule has 182 valence electrons. The molecule has 8 nitrogen and oxygen atoms in total. The summed E-state index contributed by atoms with van der Waals surface area (Å²) in [6.45, 7) is 9.72. The summed E-state index contributed by atoms with van der Waals surface area (Å²) >= 11 is 2.48. The van der Waals surface area contributed by atoms with Gasteiger partial charge in [0.1, 0.15) is 5.75 Å². The molecule has 3 rings (SSSR count). The average molecular weight is 570 g/mol. The fourth-order valence-corrected chi connectivity index (χ4v) is 5.46. The molecule has 9 heteroatoms. The second kappa shape index (κ2) is 12.0. The molecule has 2 N–H and O–H groups in total. The predicted molar refractivity (Wildman–Crippen MR) is 136 cm³/mol. The maximum absolute atomic E-state index is 12.3. The van der Waals surface area contributed by atoms with Crippen molar-refractivity contribution in [2.45, 2.75) is 63.3 Å². The largest absolute Gasteiger partial charge is 0.494 e. The van der Waals surface area contributed by atoms with Crippen LogP contribution in [0, 0.1) is 19.8 Å². The Hall–Kier alpha value is -1.88. The highest BCUT2D eigenvalue weighted by molar-refractivity contribution is 14.1. The molecule has 33 heavy (non-hydrogen) atoms. The molecule has 2 aromatic rings. The number of aliphatic hydroxyl groups is 1. The van der Waals surface area contributed by atoms with Gasteiger partial charge in [0.25, 0.3) is 5.91 Å². The first-order valence-corrected chi connectivity index (χ1v) is 12.9. The SMILES string of the molecule is Cc1cc(OCCCC2CCN(c3nc(C(C)C)no3)C(I)C2)cc(C)c1C(=O)NCCO. The van der Waals surface area contributed by atoms with Gasteiger partial charge in [0.05, 0.1) is 17.3 Å². The van der Waals surface area contributed by atoms with E-state index in [0.717, 1.165) is 54.9 Å². The van der Waals surface area contributed by atoms with Crippen LogP contribution in [-0.2, 0) is 0 Å². The lowest BCUT2D eigenvalue weighted by atomic mass is 9.92. The zero-order valence-electron chi connectivity index (χ0n) is 19.9. The van der Waals surface area contributed by atoms with Crippen LogP contribution in [0.2, 0.25) is 0 Å². The maximum atomic E-state index is 12.3. The Morgan fingerprint density at radius 3 is 2.70 bits per heavy atom. The van der Waals surface area contributed by atoms with Crippen LogP contribution in [-0.4, -0.2) is 51.5 Å². The zero-order valence-corrected chi connectivity index (χ0v) is 22.1. The van der Waals surface area contributed by atoms with Crippen molar-refractivity contribution in [2.75, 3.05) is 31.2 Å². The van der Waals surface area contributed by atoms with Crippen molar-refractivity contribution in [2.24, 2.45) is 5.92 Å². The quantitative estimate of drug-likeness (QED) is 0.189. The lowest BCUT2D eigenvalue weighted by molar-refractivity contribution is 0.0943. The Labute approximate surface area is 209 Å². The van der Waals surface area contributed by atoms with E-state index in [0.29, 0.717) is 28.2 Å². The number of aliphatic hydroxyl groups excluding tert-OH is 1. The Kier molecular flexibility index (Phi) is 9.37. The van der Waals surface area contributed by atoms with Gasteiger partial charge in [0.2, 0.25) is 0 Å². The van der Waals surface area contributed by atoms with Crippen LogP contribution in [0.1, 0.15) is 72.8 Å². The number of nitrogens with one attached hydrogen (secondary N) is 1. The van der Waals surface area contributed by atoms with Crippen LogP contribution in [0.25, 0.3) is 0 Å². The van der Waals surface area contributed by atoms with E-state index in [1.165, 1.54) is 0 Å². The fraction of sp³-hybridized carbons (Fsp3) is 0.625. The molecule has 1 aliphatic heterocycles. The van der Waals surface area contributed by atoms with Crippen LogP contribution in [0.5, 0.6) is 5.75 Å². The van der Waals surface area contributed by atoms with Crippen molar-refractivity contribution >= 4 is 34.5 Å². The molecule has 1 aromatic carbocycles. The molecule has 2 unspecified atom stereocenters. The number of nitrogens with zero attached hydrogens (tertiary/aromatic N) is 3. The third kappa shape index (κ3) is 6.81. The number of carbonyl (C=O) groups is 1. The normalized spacial score (nSPS) is 18.6. The van der Waals surface area contributed by atoms with Crippen molar-refractivity contribution in [3.8, 4) is 5.75 Å². The van der Waals surface area contributed by atoms with Gasteiger partial charge in [-0.25, -0.2) is 0 Å². The Morgan fingerprint density at radius 2 is 2.09 bits per heavy atom. The number of aryl methyl sites for hydroxylation is 2. The summed E-state index contributed by atoms with van der Waals surface area (Å²) in [7, 11) is 0. The van der Waals surface area contributed by atoms with E-state index in [1.54, 1.807) is 0 Å². The molecule has 2 atom stereocenters. The molecule has 0 spiro atoms. The van der Waals surface area contributed by atoms with Gasteiger partial charge in [-0.05, 0) is 68.7 Å². The van der Waals surface area contributed by atoms with Gasteiger partial charge in [0.15, 0.2) is 5.82 Å². The summed E-state index contributed by atoms with van der Waals surface area (Å²) < 4.78 is 11.8. The molecule has 0 saturated carbocycles. The van der Waals surface area contributed by atoms with Crippen LogP contribution in [0.4, 0.5) is 6.01 Å². The van der Waals surface area contributed by atoms with Gasteiger partial charge in [0, 0.05) is 24.6 Å². The lowest BCUT2D eigenvalue weighted by Crippen LogP contribution is -2.39. The molecule has 0 aliphatic carbocycles. The van der Waals surface area contributed by atoms with Gasteiger partial charge in [-0.3, -0.25) is 4.79 Å². The number of amides is 1. The minimum atomic E-state index is -0.161. The van der Waals surface area contributed by atoms with Crippen molar-refractivity contribution in [3.63, 3.8) is 0 Å². The first kappa shape index (κ1) is 25.7. The minimum absolute atomic E-state index is 0.0711. The second-order valence-corrected chi connectivity index (χ2v) is 10.4. The van der Waals surface area contributed by atoms with Crippen LogP contribution < -0.4 is 15.0 Å². The number of anilines is 1. The first-order chi connectivity index (χ1) is 15.8. The summed E-state index contributed by atoms with van der Waals surface area (Å²) in [5, 5.41) is 15.7. The maximum Gasteiger partial charge on any atom is 0.324 e. The molecule has 1 aliphatic rings. The highest BCUT2D eigenvalue weighted by Crippen LogP contribution is 2.33. The lowest BCUT2D eigenvalue weighted by Gasteiger charge is -2.35. The Bertz CT molecular complexity index is 910. The highest BCUT2D eigenvalue weighted by atomic mass is 127. The number of aromatic nitrogens is 2. The summed E-state index contributed by atoms with van der Waals surface area (Å²) in [6, 6.07) is 4.46. The fourth-order valence-electron chi connectivity index (χ4n) is 4.22. The number of carbonyl (C=O) groups excluding carboxylic acids is 1. The standard InChI is InChI=1S/C24H35IN4O4/c1-15(2)22-27-24(33-28-22)29-9-7-18(14-20(29)25)6-5-11-32-19-12-16(3)21(17(4)13-19)23(31)26-8-10-30/h12-13,15,18,20,30H,5-11,14H2,1-4H3,(H,26,31). The second-order valence-electron chi connectivity index (χ2n) is 9.01. The molecule has 0 radical (unpaired) electrons. The molecule has 1 fully saturated rings. The van der Waals surface area contributed by atoms with Crippen molar-refractivity contribution in [1.29, 1.82) is 0 Å². The molecule has 1 saturated heterocycles. The van der Waals surface area contributed by atoms with E-state index in [1.807, 2.05) is 26.0 Å². The summed E-state index contributed by atoms with van der Waals surface area (Å²) in [4.78, 5) is 19.1. The molecule has 1 amide bonds. The summed E-state index contributed by atoms with van der Waals surface area (Å²) in [6.07, 6.45) is 4.31. The van der Waals surface area contributed by atoms with Crippen molar-refractivity contribution in [3.05, 3.63) is 34.6 Å². The number of hydrogen-bond donors (Lipinski definition) is 2. The van der Waals surface area contributed by atoms with Crippen LogP contribution >= 0.6 is 22.6 Å². The topological polar surface area (TPSA) is 101 Å². The van der Waals surface area contributed by atoms with Crippen molar-refractivity contribution in [1.82, 2.24) is 15.5 Å². The summed E-state index contributed by atoms with van der Waals surface area (Å²) in [5.41, 5.74) is 2.40. The van der Waals surface area contributed by atoms with Crippen molar-refractivity contribution < 1.29 is 19.2 Å². The average Bonchev–Trinajstić information content (AvgIpc) is 3.25. The molecule has 0 bridgehead atoms. The third-order valence-corrected chi connectivity index (χ3v) is 7.17. The highest BCUT2D eigenvalue weighted by Gasteiger charge is 2.30. The van der Waals surface area contributed by atoms with E-state index >= 15 is 0 Å². The summed E-state index contributed by atoms with van der Waals surface area (Å²) in [5.74, 6) is 2.31. The monoisotopic (exact) mass is 570 g/mol. The van der Waals surface area contributed by atoms with E-state index in [9.17, 15) is 4.79 Å². The van der Waals surface area contributed by atoms with Gasteiger partial charge in [-0.2, -0.15) is 4.98 Å². The van der Waals surface area contributed by atoms with E-state index in [-0.39, 0.29) is 25.0 Å². The number of rotatable bonds is 10. The number of halogens is 1. The van der Waals surface area contributed by atoms with E-state index < -0.39 is 0 Å². The Morgan fingerprint density at radius 1 is 1.36 bits per heavy atom. The number of benzene rings is 1. The smallest absolute Gasteiger partial charge is 0.324 e. The number of ether oxygens (including phenoxy) is 1. The minimum Gasteiger partial charge on any atom is -0.494 e. The van der Waals surface area contributed by atoms with E-state index in [4.69, 9.17) is 14.4 Å². The van der Waals surface area contributed by atoms with Gasteiger partial charge in [-0.1, -0.05) is 41.6 Å². The first-order valence-electron chi connectivity index (χ1n) is 11.7. The van der Waals surface area contributed by atoms with Crippen LogP contribution in [0.15, 0.2) is 16.7 Å². The van der Waals surface area contributed by atoms with Gasteiger partial charge in [-0.15, -0.1) is 0 Å². The van der Waals surface area contributed by atoms with Crippen LogP contribution in [0.3, 0.4) is 0 Å². The predicted octanol–water partition coefficient (Wildman–Crippen LogP) is 4.37. The zero-order chi connectivity index (χ0) is 24.0. The van der Waals surface area contributed by atoms with Gasteiger partial charge < -0.3 is 24.6 Å². The number of alkyl halides is 1. The number of piperidine rings is 1. The van der Waals surface area contributed by atoms with E-state index in [2.05, 4.69) is 56.8 Å². The Balaban J connectivity index is 1.44.